The van der Waals surface area contributed by atoms with Crippen molar-refractivity contribution in [3.05, 3.63) is 87.7 Å². The second-order valence-electron chi connectivity index (χ2n) is 6.20. The van der Waals surface area contributed by atoms with Gasteiger partial charge in [0.1, 0.15) is 23.2 Å². The molecule has 1 amide bonds. The molecule has 9 heteroatoms. The first-order chi connectivity index (χ1) is 14.9. The van der Waals surface area contributed by atoms with E-state index in [4.69, 9.17) is 4.42 Å². The number of rotatable bonds is 6. The fourth-order valence-electron chi connectivity index (χ4n) is 2.66. The molecule has 0 atom stereocenters. The third-order valence-electron chi connectivity index (χ3n) is 4.18. The lowest BCUT2D eigenvalue weighted by atomic mass is 10.1. The summed E-state index contributed by atoms with van der Waals surface area (Å²) in [7, 11) is 1.26. The standard InChI is InChI=1S/C22H15N3O6/c1-30-22(27)14-5-7-17(8-6-14)24-21(26)16(13-23)12-19-9-10-20(31-19)15-3-2-4-18(11-15)25(28)29/h2-12H,1H3,(H,24,26)/b16-12+. The molecule has 0 aliphatic rings. The first-order valence-electron chi connectivity index (χ1n) is 8.87. The lowest BCUT2D eigenvalue weighted by Gasteiger charge is -2.05. The first kappa shape index (κ1) is 21.0. The summed E-state index contributed by atoms with van der Waals surface area (Å²) in [5, 5.41) is 22.8. The number of hydrogen-bond donors (Lipinski definition) is 1. The Morgan fingerprint density at radius 2 is 1.90 bits per heavy atom. The molecule has 0 saturated heterocycles. The highest BCUT2D eigenvalue weighted by Crippen LogP contribution is 2.26. The lowest BCUT2D eigenvalue weighted by molar-refractivity contribution is -0.384. The number of benzene rings is 2. The number of methoxy groups -OCH3 is 1. The Balaban J connectivity index is 1.77. The minimum absolute atomic E-state index is 0.0821. The average molecular weight is 417 g/mol. The zero-order valence-corrected chi connectivity index (χ0v) is 16.2. The Morgan fingerprint density at radius 1 is 1.16 bits per heavy atom. The van der Waals surface area contributed by atoms with Crippen LogP contribution in [0.25, 0.3) is 17.4 Å². The monoisotopic (exact) mass is 417 g/mol. The second kappa shape index (κ2) is 9.19. The topological polar surface area (TPSA) is 135 Å². The number of nitrogens with one attached hydrogen (secondary N) is 1. The molecule has 0 fully saturated rings. The van der Waals surface area contributed by atoms with Crippen LogP contribution in [0.1, 0.15) is 16.1 Å². The summed E-state index contributed by atoms with van der Waals surface area (Å²) in [4.78, 5) is 34.3. The smallest absolute Gasteiger partial charge is 0.337 e. The number of nitriles is 1. The van der Waals surface area contributed by atoms with E-state index in [1.165, 1.54) is 55.7 Å². The number of nitro benzene ring substituents is 1. The van der Waals surface area contributed by atoms with E-state index < -0.39 is 16.8 Å². The van der Waals surface area contributed by atoms with E-state index in [2.05, 4.69) is 10.1 Å². The number of ether oxygens (including phenoxy) is 1. The quantitative estimate of drug-likeness (QED) is 0.209. The van der Waals surface area contributed by atoms with Gasteiger partial charge in [-0.15, -0.1) is 0 Å². The van der Waals surface area contributed by atoms with Crippen LogP contribution in [0.4, 0.5) is 11.4 Å². The molecule has 2 aromatic carbocycles. The summed E-state index contributed by atoms with van der Waals surface area (Å²) in [5.41, 5.74) is 0.900. The third kappa shape index (κ3) is 5.02. The molecule has 154 valence electrons. The summed E-state index contributed by atoms with van der Waals surface area (Å²) in [6, 6.07) is 16.8. The third-order valence-corrected chi connectivity index (χ3v) is 4.18. The molecule has 3 rings (SSSR count). The van der Waals surface area contributed by atoms with E-state index in [9.17, 15) is 25.0 Å². The fourth-order valence-corrected chi connectivity index (χ4v) is 2.66. The van der Waals surface area contributed by atoms with Crippen LogP contribution in [0.5, 0.6) is 0 Å². The lowest BCUT2D eigenvalue weighted by Crippen LogP contribution is -2.13. The number of non-ortho nitro benzene ring substituents is 1. The minimum Gasteiger partial charge on any atom is -0.465 e. The van der Waals surface area contributed by atoms with Gasteiger partial charge in [0.2, 0.25) is 0 Å². The highest BCUT2D eigenvalue weighted by molar-refractivity contribution is 6.09. The van der Waals surface area contributed by atoms with E-state index in [0.29, 0.717) is 22.6 Å². The molecule has 0 aliphatic heterocycles. The van der Waals surface area contributed by atoms with Gasteiger partial charge in [-0.05, 0) is 36.4 Å². The van der Waals surface area contributed by atoms with Crippen LogP contribution in [0.3, 0.4) is 0 Å². The summed E-state index contributed by atoms with van der Waals surface area (Å²) >= 11 is 0. The van der Waals surface area contributed by atoms with Gasteiger partial charge in [-0.1, -0.05) is 12.1 Å². The maximum atomic E-state index is 12.4. The van der Waals surface area contributed by atoms with Gasteiger partial charge < -0.3 is 14.5 Å². The van der Waals surface area contributed by atoms with E-state index in [0.717, 1.165) is 0 Å². The Hall–Kier alpha value is -4.71. The van der Waals surface area contributed by atoms with E-state index >= 15 is 0 Å². The fraction of sp³-hybridized carbons (Fsp3) is 0.0455. The highest BCUT2D eigenvalue weighted by atomic mass is 16.6. The number of hydrogen-bond acceptors (Lipinski definition) is 7. The molecule has 0 radical (unpaired) electrons. The van der Waals surface area contributed by atoms with Gasteiger partial charge in [0.05, 0.1) is 17.6 Å². The van der Waals surface area contributed by atoms with Crippen molar-refractivity contribution < 1.29 is 23.7 Å². The number of carbonyl (C=O) groups excluding carboxylic acids is 2. The van der Waals surface area contributed by atoms with Gasteiger partial charge >= 0.3 is 5.97 Å². The van der Waals surface area contributed by atoms with Crippen molar-refractivity contribution in [1.29, 1.82) is 5.26 Å². The maximum Gasteiger partial charge on any atom is 0.337 e. The normalized spacial score (nSPS) is 10.8. The zero-order chi connectivity index (χ0) is 22.4. The van der Waals surface area contributed by atoms with Crippen molar-refractivity contribution in [3.8, 4) is 17.4 Å². The molecule has 0 saturated carbocycles. The zero-order valence-electron chi connectivity index (χ0n) is 16.2. The number of nitro groups is 1. The average Bonchev–Trinajstić information content (AvgIpc) is 3.26. The van der Waals surface area contributed by atoms with Gasteiger partial charge in [-0.2, -0.15) is 5.26 Å². The molecular formula is C22H15N3O6. The summed E-state index contributed by atoms with van der Waals surface area (Å²) in [6.07, 6.45) is 1.26. The van der Waals surface area contributed by atoms with Crippen LogP contribution in [0.2, 0.25) is 0 Å². The van der Waals surface area contributed by atoms with Crippen molar-refractivity contribution >= 4 is 29.3 Å². The molecule has 1 N–H and O–H groups in total. The number of furan rings is 1. The molecule has 31 heavy (non-hydrogen) atoms. The van der Waals surface area contributed by atoms with Crippen molar-refractivity contribution in [2.75, 3.05) is 12.4 Å². The number of anilines is 1. The highest BCUT2D eigenvalue weighted by Gasteiger charge is 2.13. The van der Waals surface area contributed by atoms with Crippen LogP contribution in [-0.4, -0.2) is 23.9 Å². The molecular weight excluding hydrogens is 402 g/mol. The molecule has 0 unspecified atom stereocenters. The van der Waals surface area contributed by atoms with Crippen molar-refractivity contribution in [2.45, 2.75) is 0 Å². The van der Waals surface area contributed by atoms with Gasteiger partial charge in [-0.3, -0.25) is 14.9 Å². The van der Waals surface area contributed by atoms with Crippen LogP contribution in [0.15, 0.2) is 70.7 Å². The van der Waals surface area contributed by atoms with E-state index in [1.807, 2.05) is 6.07 Å². The molecule has 1 heterocycles. The largest absolute Gasteiger partial charge is 0.465 e. The van der Waals surface area contributed by atoms with Crippen molar-refractivity contribution in [1.82, 2.24) is 0 Å². The number of esters is 1. The van der Waals surface area contributed by atoms with Crippen LogP contribution < -0.4 is 5.32 Å². The molecule has 0 aliphatic carbocycles. The molecule has 1 aromatic heterocycles. The molecule has 0 spiro atoms. The van der Waals surface area contributed by atoms with Crippen molar-refractivity contribution in [2.24, 2.45) is 0 Å². The predicted molar refractivity (Wildman–Crippen MR) is 111 cm³/mol. The number of nitrogens with zero attached hydrogens (tertiary/aromatic N) is 2. The number of amides is 1. The molecule has 3 aromatic rings. The Bertz CT molecular complexity index is 1220. The SMILES string of the molecule is COC(=O)c1ccc(NC(=O)/C(C#N)=C/c2ccc(-c3cccc([N+](=O)[O-])c3)o2)cc1. The number of carbonyl (C=O) groups is 2. The second-order valence-corrected chi connectivity index (χ2v) is 6.20. The van der Waals surface area contributed by atoms with Gasteiger partial charge in [0, 0.05) is 29.5 Å². The Labute approximate surface area is 176 Å². The maximum absolute atomic E-state index is 12.4. The molecule has 0 bridgehead atoms. The van der Waals surface area contributed by atoms with Crippen LogP contribution >= 0.6 is 0 Å². The minimum atomic E-state index is -0.665. The van der Waals surface area contributed by atoms with Gasteiger partial charge in [0.15, 0.2) is 0 Å². The van der Waals surface area contributed by atoms with Gasteiger partial charge in [0.25, 0.3) is 11.6 Å². The van der Waals surface area contributed by atoms with Gasteiger partial charge in [-0.25, -0.2) is 4.79 Å². The Kier molecular flexibility index (Phi) is 6.23. The predicted octanol–water partition coefficient (Wildman–Crippen LogP) is 4.19. The Morgan fingerprint density at radius 3 is 2.55 bits per heavy atom. The first-order valence-corrected chi connectivity index (χ1v) is 8.87. The van der Waals surface area contributed by atoms with E-state index in [-0.39, 0.29) is 17.0 Å². The van der Waals surface area contributed by atoms with Crippen LogP contribution in [-0.2, 0) is 9.53 Å². The van der Waals surface area contributed by atoms with Crippen LogP contribution in [0, 0.1) is 21.4 Å². The van der Waals surface area contributed by atoms with E-state index in [1.54, 1.807) is 18.2 Å². The summed E-state index contributed by atoms with van der Waals surface area (Å²) in [6.45, 7) is 0. The molecule has 9 nitrogen and oxygen atoms in total. The summed E-state index contributed by atoms with van der Waals surface area (Å²) in [5.74, 6) is -0.588. The summed E-state index contributed by atoms with van der Waals surface area (Å²) < 4.78 is 10.2. The van der Waals surface area contributed by atoms with Crippen molar-refractivity contribution in [3.63, 3.8) is 0 Å².